The number of rotatable bonds is 4. The summed E-state index contributed by atoms with van der Waals surface area (Å²) in [4.78, 5) is 36.7. The van der Waals surface area contributed by atoms with E-state index in [-0.39, 0.29) is 17.7 Å². The zero-order valence-corrected chi connectivity index (χ0v) is 15.8. The van der Waals surface area contributed by atoms with Crippen molar-refractivity contribution in [1.82, 2.24) is 19.8 Å². The molecule has 3 heterocycles. The van der Waals surface area contributed by atoms with E-state index in [9.17, 15) is 9.59 Å². The van der Waals surface area contributed by atoms with E-state index in [1.807, 2.05) is 53.1 Å². The van der Waals surface area contributed by atoms with Crippen molar-refractivity contribution in [1.29, 1.82) is 0 Å². The number of ketones is 1. The summed E-state index contributed by atoms with van der Waals surface area (Å²) in [7, 11) is 0. The van der Waals surface area contributed by atoms with Crippen LogP contribution in [0.3, 0.4) is 0 Å². The topological polar surface area (TPSA) is 69.3 Å². The number of benzene rings is 1. The van der Waals surface area contributed by atoms with Crippen LogP contribution in [0.2, 0.25) is 0 Å². The molecular weight excluding hydrogens is 352 g/mol. The number of hydrogen-bond donors (Lipinski definition) is 1. The molecule has 3 aromatic rings. The lowest BCUT2D eigenvalue weighted by molar-refractivity contribution is 0.0573. The Morgan fingerprint density at radius 1 is 1.18 bits per heavy atom. The van der Waals surface area contributed by atoms with Gasteiger partial charge >= 0.3 is 0 Å². The molecule has 28 heavy (non-hydrogen) atoms. The van der Waals surface area contributed by atoms with Gasteiger partial charge in [-0.2, -0.15) is 0 Å². The Kier molecular flexibility index (Phi) is 4.69. The van der Waals surface area contributed by atoms with Crippen molar-refractivity contribution in [2.45, 2.75) is 13.0 Å². The summed E-state index contributed by atoms with van der Waals surface area (Å²) in [5.41, 5.74) is 2.56. The average Bonchev–Trinajstić information content (AvgIpc) is 3.17. The van der Waals surface area contributed by atoms with Crippen LogP contribution >= 0.6 is 0 Å². The first-order valence-corrected chi connectivity index (χ1v) is 9.32. The van der Waals surface area contributed by atoms with Crippen LogP contribution in [0.1, 0.15) is 27.6 Å². The van der Waals surface area contributed by atoms with Crippen molar-refractivity contribution < 1.29 is 9.59 Å². The molecule has 0 saturated carbocycles. The number of aromatic nitrogens is 2. The number of allylic oxidation sites excluding steroid dienone is 1. The zero-order chi connectivity index (χ0) is 19.7. The Balaban J connectivity index is 1.48. The normalized spacial score (nSPS) is 17.0. The van der Waals surface area contributed by atoms with Gasteiger partial charge in [-0.05, 0) is 25.1 Å². The third-order valence-electron chi connectivity index (χ3n) is 5.27. The summed E-state index contributed by atoms with van der Waals surface area (Å²) < 4.78 is 0. The van der Waals surface area contributed by atoms with Crippen LogP contribution < -0.4 is 0 Å². The lowest BCUT2D eigenvalue weighted by Crippen LogP contribution is -2.53. The Hall–Kier alpha value is -3.41. The number of hydrogen-bond acceptors (Lipinski definition) is 4. The third kappa shape index (κ3) is 3.17. The highest BCUT2D eigenvalue weighted by molar-refractivity contribution is 6.15. The lowest BCUT2D eigenvalue weighted by atomic mass is 10.0. The van der Waals surface area contributed by atoms with Crippen molar-refractivity contribution in [2.24, 2.45) is 0 Å². The Morgan fingerprint density at radius 3 is 2.71 bits per heavy atom. The molecular formula is C22H22N4O2. The van der Waals surface area contributed by atoms with Crippen LogP contribution in [0.25, 0.3) is 10.9 Å². The zero-order valence-electron chi connectivity index (χ0n) is 15.8. The number of pyridine rings is 1. The second-order valence-electron chi connectivity index (χ2n) is 7.06. The largest absolute Gasteiger partial charge is 0.363 e. The summed E-state index contributed by atoms with van der Waals surface area (Å²) in [6.45, 7) is 7.77. The number of fused-ring (bicyclic) bond motifs is 1. The van der Waals surface area contributed by atoms with Crippen LogP contribution in [-0.2, 0) is 0 Å². The number of carbonyl (C=O) groups is 2. The second kappa shape index (κ2) is 7.31. The van der Waals surface area contributed by atoms with Crippen LogP contribution in [0.15, 0.2) is 67.3 Å². The maximum atomic E-state index is 13.0. The van der Waals surface area contributed by atoms with Crippen LogP contribution in [0.4, 0.5) is 0 Å². The molecule has 2 aromatic heterocycles. The summed E-state index contributed by atoms with van der Waals surface area (Å²) in [6.07, 6.45) is 5.08. The molecule has 0 radical (unpaired) electrons. The minimum Gasteiger partial charge on any atom is -0.363 e. The van der Waals surface area contributed by atoms with Gasteiger partial charge in [-0.25, -0.2) is 0 Å². The molecule has 0 spiro atoms. The quantitative estimate of drug-likeness (QED) is 0.563. The van der Waals surface area contributed by atoms with Gasteiger partial charge in [0.1, 0.15) is 0 Å². The summed E-state index contributed by atoms with van der Waals surface area (Å²) in [6, 6.07) is 11.1. The van der Waals surface area contributed by atoms with Gasteiger partial charge in [-0.1, -0.05) is 24.8 Å². The summed E-state index contributed by atoms with van der Waals surface area (Å²) >= 11 is 0. The SMILES string of the molecule is C=C(C(=O)c1c[nH]c2cnccc12)N1CCN(C(=O)c2ccccc2)C[C@H]1C. The lowest BCUT2D eigenvalue weighted by Gasteiger charge is -2.41. The molecule has 1 atom stereocenters. The summed E-state index contributed by atoms with van der Waals surface area (Å²) in [5, 5.41) is 0.840. The predicted octanol–water partition coefficient (Wildman–Crippen LogP) is 3.11. The van der Waals surface area contributed by atoms with E-state index in [1.54, 1.807) is 18.6 Å². The number of nitrogens with one attached hydrogen (secondary N) is 1. The number of H-pyrrole nitrogens is 1. The number of amides is 1. The maximum Gasteiger partial charge on any atom is 0.253 e. The maximum absolute atomic E-state index is 13.0. The van der Waals surface area contributed by atoms with Gasteiger partial charge in [0.2, 0.25) is 5.78 Å². The Labute approximate surface area is 163 Å². The van der Waals surface area contributed by atoms with E-state index in [0.717, 1.165) is 10.9 Å². The average molecular weight is 374 g/mol. The van der Waals surface area contributed by atoms with Gasteiger partial charge in [0.05, 0.1) is 17.4 Å². The first kappa shape index (κ1) is 18.0. The molecule has 6 nitrogen and oxygen atoms in total. The number of Topliss-reactive ketones (excluding diaryl/α,β-unsaturated/α-hetero) is 1. The van der Waals surface area contributed by atoms with E-state index in [1.165, 1.54) is 0 Å². The Morgan fingerprint density at radius 2 is 1.96 bits per heavy atom. The fraction of sp³-hybridized carbons (Fsp3) is 0.227. The van der Waals surface area contributed by atoms with E-state index in [4.69, 9.17) is 0 Å². The fourth-order valence-corrected chi connectivity index (χ4v) is 3.75. The molecule has 1 amide bonds. The Bertz CT molecular complexity index is 1040. The van der Waals surface area contributed by atoms with Gasteiger partial charge < -0.3 is 14.8 Å². The highest BCUT2D eigenvalue weighted by Crippen LogP contribution is 2.23. The smallest absolute Gasteiger partial charge is 0.253 e. The molecule has 1 saturated heterocycles. The molecule has 142 valence electrons. The molecule has 1 aliphatic rings. The van der Waals surface area contributed by atoms with Crippen LogP contribution in [0, 0.1) is 0 Å². The van der Waals surface area contributed by atoms with E-state index in [0.29, 0.717) is 36.5 Å². The highest BCUT2D eigenvalue weighted by atomic mass is 16.2. The van der Waals surface area contributed by atoms with Gasteiger partial charge in [-0.3, -0.25) is 14.6 Å². The van der Waals surface area contributed by atoms with Crippen molar-refractivity contribution in [3.63, 3.8) is 0 Å². The molecule has 0 unspecified atom stereocenters. The third-order valence-corrected chi connectivity index (χ3v) is 5.27. The van der Waals surface area contributed by atoms with Crippen molar-refractivity contribution in [3.8, 4) is 0 Å². The standard InChI is InChI=1S/C22H22N4O2/c1-15-14-25(22(28)17-6-4-3-5-7-17)10-11-26(15)16(2)21(27)19-12-24-20-13-23-9-8-18(19)20/h3-9,12-13,15,24H,2,10-11,14H2,1H3/t15-/m1/s1. The molecule has 1 fully saturated rings. The number of piperazine rings is 1. The van der Waals surface area contributed by atoms with Crippen LogP contribution in [-0.4, -0.2) is 57.1 Å². The molecule has 1 aromatic carbocycles. The van der Waals surface area contributed by atoms with Crippen molar-refractivity contribution in [2.75, 3.05) is 19.6 Å². The van der Waals surface area contributed by atoms with E-state index >= 15 is 0 Å². The minimum atomic E-state index is -0.105. The number of nitrogens with zero attached hydrogens (tertiary/aromatic N) is 3. The molecule has 4 rings (SSSR count). The van der Waals surface area contributed by atoms with E-state index in [2.05, 4.69) is 16.5 Å². The fourth-order valence-electron chi connectivity index (χ4n) is 3.75. The first-order chi connectivity index (χ1) is 13.6. The first-order valence-electron chi connectivity index (χ1n) is 9.32. The second-order valence-corrected chi connectivity index (χ2v) is 7.06. The molecule has 0 aliphatic carbocycles. The van der Waals surface area contributed by atoms with Crippen molar-refractivity contribution in [3.05, 3.63) is 78.4 Å². The van der Waals surface area contributed by atoms with Gasteiger partial charge in [0, 0.05) is 54.6 Å². The molecule has 1 N–H and O–H groups in total. The van der Waals surface area contributed by atoms with Crippen molar-refractivity contribution >= 4 is 22.6 Å². The van der Waals surface area contributed by atoms with E-state index < -0.39 is 0 Å². The van der Waals surface area contributed by atoms with Gasteiger partial charge in [-0.15, -0.1) is 0 Å². The number of carbonyl (C=O) groups excluding carboxylic acids is 2. The monoisotopic (exact) mass is 374 g/mol. The minimum absolute atomic E-state index is 0.00438. The summed E-state index contributed by atoms with van der Waals surface area (Å²) in [5.74, 6) is -0.0831. The number of aromatic amines is 1. The highest BCUT2D eigenvalue weighted by Gasteiger charge is 2.30. The molecule has 6 heteroatoms. The van der Waals surface area contributed by atoms with Crippen LogP contribution in [0.5, 0.6) is 0 Å². The molecule has 1 aliphatic heterocycles. The van der Waals surface area contributed by atoms with Gasteiger partial charge in [0.25, 0.3) is 5.91 Å². The molecule has 0 bridgehead atoms. The predicted molar refractivity (Wildman–Crippen MR) is 108 cm³/mol. The van der Waals surface area contributed by atoms with Gasteiger partial charge in [0.15, 0.2) is 0 Å².